The van der Waals surface area contributed by atoms with Gasteiger partial charge in [0.1, 0.15) is 0 Å². The van der Waals surface area contributed by atoms with Crippen molar-refractivity contribution < 1.29 is 4.74 Å². The third kappa shape index (κ3) is 5.17. The summed E-state index contributed by atoms with van der Waals surface area (Å²) in [5, 5.41) is 0. The zero-order valence-corrected chi connectivity index (χ0v) is 10.0. The second kappa shape index (κ2) is 6.84. The van der Waals surface area contributed by atoms with Crippen LogP contribution in [0.15, 0.2) is 24.8 Å². The predicted molar refractivity (Wildman–Crippen MR) is 66.0 cm³/mol. The minimum absolute atomic E-state index is 0.712. The number of hydrogen-bond donors (Lipinski definition) is 0. The summed E-state index contributed by atoms with van der Waals surface area (Å²) in [6.07, 6.45) is 15.8. The molecule has 15 heavy (non-hydrogen) atoms. The van der Waals surface area contributed by atoms with Crippen molar-refractivity contribution in [2.75, 3.05) is 13.7 Å². The highest BCUT2D eigenvalue weighted by Crippen LogP contribution is 2.53. The summed E-state index contributed by atoms with van der Waals surface area (Å²) < 4.78 is 4.96. The molecule has 0 atom stereocenters. The second-order valence-corrected chi connectivity index (χ2v) is 4.65. The number of ether oxygens (including phenoxy) is 1. The number of methoxy groups -OCH3 is 1. The van der Waals surface area contributed by atoms with E-state index in [1.165, 1.54) is 44.9 Å². The van der Waals surface area contributed by atoms with Crippen molar-refractivity contribution in [2.24, 2.45) is 5.41 Å². The molecule has 0 aromatic rings. The van der Waals surface area contributed by atoms with Crippen LogP contribution in [0.25, 0.3) is 0 Å². The topological polar surface area (TPSA) is 9.23 Å². The number of unbranched alkanes of at least 4 members (excludes halogenated alkanes) is 1. The van der Waals surface area contributed by atoms with Gasteiger partial charge in [-0.1, -0.05) is 18.2 Å². The fourth-order valence-corrected chi connectivity index (χ4v) is 2.09. The summed E-state index contributed by atoms with van der Waals surface area (Å²) in [6.45, 7) is 4.55. The molecule has 0 aromatic carbocycles. The summed E-state index contributed by atoms with van der Waals surface area (Å²) in [5.74, 6) is 0. The molecule has 1 heteroatoms. The smallest absolute Gasteiger partial charge is 0.0643 e. The van der Waals surface area contributed by atoms with Crippen LogP contribution in [0, 0.1) is 5.41 Å². The van der Waals surface area contributed by atoms with Gasteiger partial charge in [-0.3, -0.25) is 0 Å². The molecule has 0 bridgehead atoms. The summed E-state index contributed by atoms with van der Waals surface area (Å²) in [6, 6.07) is 0. The molecule has 1 aliphatic rings. The van der Waals surface area contributed by atoms with Crippen molar-refractivity contribution in [3.63, 3.8) is 0 Å². The fourth-order valence-electron chi connectivity index (χ4n) is 2.09. The lowest BCUT2D eigenvalue weighted by Crippen LogP contribution is -1.99. The average Bonchev–Trinajstić information content (AvgIpc) is 3.01. The molecular weight excluding hydrogens is 184 g/mol. The Balaban J connectivity index is 2.01. The molecule has 86 valence electrons. The average molecular weight is 208 g/mol. The molecule has 0 radical (unpaired) electrons. The number of allylic oxidation sites excluding steroid dienone is 2. The van der Waals surface area contributed by atoms with Crippen molar-refractivity contribution >= 4 is 0 Å². The van der Waals surface area contributed by atoms with Crippen LogP contribution in [0.4, 0.5) is 0 Å². The lowest BCUT2D eigenvalue weighted by molar-refractivity contribution is 0.233. The van der Waals surface area contributed by atoms with Crippen LogP contribution in [-0.4, -0.2) is 13.7 Å². The molecule has 1 saturated carbocycles. The van der Waals surface area contributed by atoms with Gasteiger partial charge in [0.05, 0.1) is 6.61 Å². The van der Waals surface area contributed by atoms with Gasteiger partial charge in [-0.15, -0.1) is 6.58 Å². The molecule has 1 aliphatic carbocycles. The van der Waals surface area contributed by atoms with E-state index in [4.69, 9.17) is 4.74 Å². The maximum Gasteiger partial charge on any atom is 0.0643 e. The van der Waals surface area contributed by atoms with E-state index < -0.39 is 0 Å². The Labute approximate surface area is 94.2 Å². The lowest BCUT2D eigenvalue weighted by Gasteiger charge is -2.12. The first-order valence-corrected chi connectivity index (χ1v) is 6.08. The molecule has 0 N–H and O–H groups in total. The Hall–Kier alpha value is -0.560. The molecule has 0 aromatic heterocycles. The van der Waals surface area contributed by atoms with E-state index in [0.717, 1.165) is 6.61 Å². The number of rotatable bonds is 9. The van der Waals surface area contributed by atoms with Crippen LogP contribution in [0.3, 0.4) is 0 Å². The molecular formula is C14H24O. The predicted octanol–water partition coefficient (Wildman–Crippen LogP) is 4.11. The Kier molecular flexibility index (Phi) is 5.70. The molecule has 1 fully saturated rings. The molecule has 0 aliphatic heterocycles. The quantitative estimate of drug-likeness (QED) is 0.409. The van der Waals surface area contributed by atoms with E-state index in [2.05, 4.69) is 24.8 Å². The van der Waals surface area contributed by atoms with Crippen LogP contribution in [0.2, 0.25) is 0 Å². The molecule has 0 saturated heterocycles. The van der Waals surface area contributed by atoms with Crippen molar-refractivity contribution in [3.8, 4) is 0 Å². The fraction of sp³-hybridized carbons (Fsp3) is 0.714. The van der Waals surface area contributed by atoms with Gasteiger partial charge < -0.3 is 4.74 Å². The van der Waals surface area contributed by atoms with E-state index in [9.17, 15) is 0 Å². The standard InChI is InChI=1S/C14H24O/c1-3-4-9-14(11-12-14)10-7-5-6-8-13-15-2/h3,6,8H,1,4-5,7,9-13H2,2H3/b8-6+. The third-order valence-corrected chi connectivity index (χ3v) is 3.34. The highest BCUT2D eigenvalue weighted by atomic mass is 16.5. The van der Waals surface area contributed by atoms with Crippen LogP contribution >= 0.6 is 0 Å². The lowest BCUT2D eigenvalue weighted by atomic mass is 9.93. The largest absolute Gasteiger partial charge is 0.381 e. The van der Waals surface area contributed by atoms with E-state index in [-0.39, 0.29) is 0 Å². The summed E-state index contributed by atoms with van der Waals surface area (Å²) >= 11 is 0. The third-order valence-electron chi connectivity index (χ3n) is 3.34. The van der Waals surface area contributed by atoms with E-state index in [1.54, 1.807) is 7.11 Å². The normalized spacial score (nSPS) is 18.2. The van der Waals surface area contributed by atoms with Crippen LogP contribution < -0.4 is 0 Å². The van der Waals surface area contributed by atoms with Gasteiger partial charge in [0.15, 0.2) is 0 Å². The first kappa shape index (κ1) is 12.5. The highest BCUT2D eigenvalue weighted by Gasteiger charge is 2.40. The Morgan fingerprint density at radius 2 is 2.00 bits per heavy atom. The molecule has 1 rings (SSSR count). The van der Waals surface area contributed by atoms with Gasteiger partial charge in [0.2, 0.25) is 0 Å². The summed E-state index contributed by atoms with van der Waals surface area (Å²) in [4.78, 5) is 0. The minimum atomic E-state index is 0.712. The monoisotopic (exact) mass is 208 g/mol. The first-order chi connectivity index (χ1) is 7.33. The van der Waals surface area contributed by atoms with Gasteiger partial charge in [0, 0.05) is 7.11 Å². The van der Waals surface area contributed by atoms with Gasteiger partial charge >= 0.3 is 0 Å². The van der Waals surface area contributed by atoms with Gasteiger partial charge in [-0.2, -0.15) is 0 Å². The van der Waals surface area contributed by atoms with E-state index in [1.807, 2.05) is 0 Å². The Morgan fingerprint density at radius 1 is 1.20 bits per heavy atom. The molecule has 1 nitrogen and oxygen atoms in total. The van der Waals surface area contributed by atoms with Crippen LogP contribution in [0.1, 0.15) is 44.9 Å². The summed E-state index contributed by atoms with van der Waals surface area (Å²) in [5.41, 5.74) is 0.712. The minimum Gasteiger partial charge on any atom is -0.381 e. The van der Waals surface area contributed by atoms with Gasteiger partial charge in [-0.05, 0) is 50.4 Å². The molecule has 0 unspecified atom stereocenters. The Morgan fingerprint density at radius 3 is 2.60 bits per heavy atom. The van der Waals surface area contributed by atoms with Crippen molar-refractivity contribution in [3.05, 3.63) is 24.8 Å². The van der Waals surface area contributed by atoms with E-state index >= 15 is 0 Å². The molecule has 0 spiro atoms. The Bertz CT molecular complexity index is 201. The second-order valence-electron chi connectivity index (χ2n) is 4.65. The van der Waals surface area contributed by atoms with Crippen LogP contribution in [-0.2, 0) is 4.74 Å². The van der Waals surface area contributed by atoms with E-state index in [0.29, 0.717) is 5.41 Å². The zero-order chi connectivity index (χ0) is 11.0. The maximum absolute atomic E-state index is 4.96. The summed E-state index contributed by atoms with van der Waals surface area (Å²) in [7, 11) is 1.73. The van der Waals surface area contributed by atoms with Gasteiger partial charge in [0.25, 0.3) is 0 Å². The van der Waals surface area contributed by atoms with Crippen molar-refractivity contribution in [1.82, 2.24) is 0 Å². The first-order valence-electron chi connectivity index (χ1n) is 6.08. The molecule has 0 amide bonds. The zero-order valence-electron chi connectivity index (χ0n) is 10.0. The van der Waals surface area contributed by atoms with Crippen molar-refractivity contribution in [2.45, 2.75) is 44.9 Å². The highest BCUT2D eigenvalue weighted by molar-refractivity contribution is 4.94. The molecule has 0 heterocycles. The SMILES string of the molecule is C=CCCC1(CCC/C=C/COC)CC1. The maximum atomic E-state index is 4.96. The van der Waals surface area contributed by atoms with Crippen LogP contribution in [0.5, 0.6) is 0 Å². The van der Waals surface area contributed by atoms with Crippen molar-refractivity contribution in [1.29, 1.82) is 0 Å². The van der Waals surface area contributed by atoms with Gasteiger partial charge in [-0.25, -0.2) is 0 Å². The number of hydrogen-bond acceptors (Lipinski definition) is 1.